The van der Waals surface area contributed by atoms with Crippen molar-refractivity contribution in [1.82, 2.24) is 4.90 Å². The Balaban J connectivity index is 1.58. The molecule has 1 aromatic heterocycles. The van der Waals surface area contributed by atoms with Crippen molar-refractivity contribution in [3.63, 3.8) is 0 Å². The van der Waals surface area contributed by atoms with Crippen LogP contribution < -0.4 is 4.90 Å². The molecule has 5 nitrogen and oxygen atoms in total. The summed E-state index contributed by atoms with van der Waals surface area (Å²) in [6, 6.07) is 12.0. The molecule has 2 amide bonds. The van der Waals surface area contributed by atoms with Crippen molar-refractivity contribution in [2.45, 2.75) is 31.8 Å². The van der Waals surface area contributed by atoms with Crippen LogP contribution in [-0.2, 0) is 20.7 Å². The number of anilines is 1. The van der Waals surface area contributed by atoms with Crippen LogP contribution in [0.3, 0.4) is 0 Å². The predicted molar refractivity (Wildman–Crippen MR) is 109 cm³/mol. The predicted octanol–water partition coefficient (Wildman–Crippen LogP) is 3.46. The number of aryl methyl sites for hydroxylation is 1. The number of nitrogens with zero attached hydrogens (tertiary/aromatic N) is 2. The highest BCUT2D eigenvalue weighted by Gasteiger charge is 2.44. The summed E-state index contributed by atoms with van der Waals surface area (Å²) in [4.78, 5) is 31.1. The van der Waals surface area contributed by atoms with Gasteiger partial charge in [0.2, 0.25) is 0 Å². The third kappa shape index (κ3) is 2.88. The second-order valence-electron chi connectivity index (χ2n) is 7.44. The zero-order chi connectivity index (χ0) is 19.1. The minimum atomic E-state index is -0.194. The Morgan fingerprint density at radius 3 is 2.75 bits per heavy atom. The van der Waals surface area contributed by atoms with Crippen molar-refractivity contribution >= 4 is 34.4 Å². The molecule has 0 N–H and O–H groups in total. The second kappa shape index (κ2) is 7.18. The van der Waals surface area contributed by atoms with Crippen molar-refractivity contribution < 1.29 is 14.3 Å². The average Bonchev–Trinajstić information content (AvgIpc) is 3.46. The SMILES string of the molecule is O=C1C(c2cccs2)=C(N2CCCc3ccccc32)C(=O)N1CC1CCCO1. The third-order valence-corrected chi connectivity index (χ3v) is 6.59. The number of amides is 2. The van der Waals surface area contributed by atoms with Crippen LogP contribution in [0.5, 0.6) is 0 Å². The summed E-state index contributed by atoms with van der Waals surface area (Å²) in [5.74, 6) is -0.387. The molecule has 0 spiro atoms. The highest BCUT2D eigenvalue weighted by atomic mass is 32.1. The fourth-order valence-electron chi connectivity index (χ4n) is 4.38. The van der Waals surface area contributed by atoms with E-state index in [2.05, 4.69) is 11.0 Å². The van der Waals surface area contributed by atoms with Gasteiger partial charge in [-0.15, -0.1) is 11.3 Å². The van der Waals surface area contributed by atoms with Gasteiger partial charge in [0.15, 0.2) is 0 Å². The molecule has 6 heteroatoms. The molecule has 2 aromatic rings. The van der Waals surface area contributed by atoms with Gasteiger partial charge in [-0.25, -0.2) is 0 Å². The van der Waals surface area contributed by atoms with Gasteiger partial charge in [-0.05, 0) is 48.8 Å². The summed E-state index contributed by atoms with van der Waals surface area (Å²) >= 11 is 1.50. The van der Waals surface area contributed by atoms with Gasteiger partial charge in [0.05, 0.1) is 18.2 Å². The zero-order valence-electron chi connectivity index (χ0n) is 15.6. The summed E-state index contributed by atoms with van der Waals surface area (Å²) in [7, 11) is 0. The number of carbonyl (C=O) groups is 2. The number of fused-ring (bicyclic) bond motifs is 1. The molecule has 1 unspecified atom stereocenters. The quantitative estimate of drug-likeness (QED) is 0.746. The third-order valence-electron chi connectivity index (χ3n) is 5.70. The van der Waals surface area contributed by atoms with E-state index in [4.69, 9.17) is 4.74 Å². The Labute approximate surface area is 168 Å². The van der Waals surface area contributed by atoms with Gasteiger partial charge in [0, 0.05) is 23.7 Å². The normalized spacial score (nSPS) is 22.4. The van der Waals surface area contributed by atoms with Gasteiger partial charge < -0.3 is 9.64 Å². The maximum Gasteiger partial charge on any atom is 0.278 e. The molecule has 1 saturated heterocycles. The summed E-state index contributed by atoms with van der Waals surface area (Å²) in [6.07, 6.45) is 3.79. The lowest BCUT2D eigenvalue weighted by molar-refractivity contribution is -0.138. The van der Waals surface area contributed by atoms with E-state index in [9.17, 15) is 9.59 Å². The molecular weight excluding hydrogens is 372 g/mol. The Morgan fingerprint density at radius 2 is 1.96 bits per heavy atom. The van der Waals surface area contributed by atoms with E-state index in [0.29, 0.717) is 24.4 Å². The molecule has 0 bridgehead atoms. The van der Waals surface area contributed by atoms with Crippen LogP contribution in [-0.4, -0.2) is 42.5 Å². The van der Waals surface area contributed by atoms with E-state index in [1.165, 1.54) is 21.8 Å². The largest absolute Gasteiger partial charge is 0.376 e. The van der Waals surface area contributed by atoms with Crippen LogP contribution in [0.2, 0.25) is 0 Å². The number of thiophene rings is 1. The number of carbonyl (C=O) groups excluding carboxylic acids is 2. The zero-order valence-corrected chi connectivity index (χ0v) is 16.4. The topological polar surface area (TPSA) is 49.9 Å². The first-order valence-corrected chi connectivity index (χ1v) is 10.7. The Bertz CT molecular complexity index is 944. The number of ether oxygens (including phenoxy) is 1. The van der Waals surface area contributed by atoms with Gasteiger partial charge in [-0.3, -0.25) is 14.5 Å². The first-order chi connectivity index (χ1) is 13.7. The molecule has 1 fully saturated rings. The van der Waals surface area contributed by atoms with E-state index in [-0.39, 0.29) is 17.9 Å². The number of para-hydroxylation sites is 1. The number of imide groups is 1. The standard InChI is InChI=1S/C22H22N2O3S/c25-21-19(18-10-5-13-28-18)20(22(26)24(21)14-16-8-4-12-27-16)23-11-3-7-15-6-1-2-9-17(15)23/h1-2,5-6,9-10,13,16H,3-4,7-8,11-12,14H2. The maximum absolute atomic E-state index is 13.5. The summed E-state index contributed by atoms with van der Waals surface area (Å²) in [5, 5.41) is 1.95. The molecule has 1 aromatic carbocycles. The van der Waals surface area contributed by atoms with Crippen molar-refractivity contribution in [3.05, 3.63) is 57.9 Å². The van der Waals surface area contributed by atoms with Gasteiger partial charge in [-0.2, -0.15) is 0 Å². The van der Waals surface area contributed by atoms with E-state index < -0.39 is 0 Å². The van der Waals surface area contributed by atoms with Crippen LogP contribution >= 0.6 is 11.3 Å². The van der Waals surface area contributed by atoms with E-state index >= 15 is 0 Å². The van der Waals surface area contributed by atoms with Gasteiger partial charge >= 0.3 is 0 Å². The maximum atomic E-state index is 13.5. The summed E-state index contributed by atoms with van der Waals surface area (Å²) in [6.45, 7) is 1.79. The second-order valence-corrected chi connectivity index (χ2v) is 8.39. The average molecular weight is 394 g/mol. The number of hydrogen-bond donors (Lipinski definition) is 0. The van der Waals surface area contributed by atoms with E-state index in [1.54, 1.807) is 0 Å². The molecule has 144 valence electrons. The van der Waals surface area contributed by atoms with Gasteiger partial charge in [0.1, 0.15) is 5.70 Å². The minimum absolute atomic E-state index is 0.0505. The minimum Gasteiger partial charge on any atom is -0.376 e. The van der Waals surface area contributed by atoms with Crippen LogP contribution in [0.15, 0.2) is 47.5 Å². The van der Waals surface area contributed by atoms with Crippen molar-refractivity contribution in [2.24, 2.45) is 0 Å². The molecule has 4 heterocycles. The van der Waals surface area contributed by atoms with Gasteiger partial charge in [0.25, 0.3) is 11.8 Å². The number of hydrogen-bond acceptors (Lipinski definition) is 5. The van der Waals surface area contributed by atoms with Crippen LogP contribution in [0.1, 0.15) is 29.7 Å². The highest BCUT2D eigenvalue weighted by Crippen LogP contribution is 2.39. The van der Waals surface area contributed by atoms with Crippen LogP contribution in [0.4, 0.5) is 5.69 Å². The first-order valence-electron chi connectivity index (χ1n) is 9.85. The van der Waals surface area contributed by atoms with Crippen LogP contribution in [0.25, 0.3) is 5.57 Å². The summed E-state index contributed by atoms with van der Waals surface area (Å²) < 4.78 is 5.70. The van der Waals surface area contributed by atoms with Gasteiger partial charge in [-0.1, -0.05) is 24.3 Å². The number of benzene rings is 1. The first kappa shape index (κ1) is 17.6. The lowest BCUT2D eigenvalue weighted by atomic mass is 10.00. The molecule has 0 saturated carbocycles. The molecule has 3 aliphatic heterocycles. The van der Waals surface area contributed by atoms with Crippen molar-refractivity contribution in [2.75, 3.05) is 24.6 Å². The van der Waals surface area contributed by atoms with Crippen molar-refractivity contribution in [3.8, 4) is 0 Å². The van der Waals surface area contributed by atoms with E-state index in [1.807, 2.05) is 35.7 Å². The Kier molecular flexibility index (Phi) is 4.53. The van der Waals surface area contributed by atoms with E-state index in [0.717, 1.165) is 42.8 Å². The smallest absolute Gasteiger partial charge is 0.278 e. The molecule has 3 aliphatic rings. The monoisotopic (exact) mass is 394 g/mol. The Morgan fingerprint density at radius 1 is 1.07 bits per heavy atom. The lowest BCUT2D eigenvalue weighted by Crippen LogP contribution is -2.40. The molecular formula is C22H22N2O3S. The Hall–Kier alpha value is -2.44. The van der Waals surface area contributed by atoms with Crippen LogP contribution in [0, 0.1) is 0 Å². The molecule has 1 atom stereocenters. The lowest BCUT2D eigenvalue weighted by Gasteiger charge is -2.32. The number of rotatable bonds is 4. The fourth-order valence-corrected chi connectivity index (χ4v) is 5.14. The van der Waals surface area contributed by atoms with Crippen molar-refractivity contribution in [1.29, 1.82) is 0 Å². The summed E-state index contributed by atoms with van der Waals surface area (Å²) in [5.41, 5.74) is 3.33. The fraction of sp³-hybridized carbons (Fsp3) is 0.364. The molecule has 0 radical (unpaired) electrons. The molecule has 5 rings (SSSR count). The molecule has 28 heavy (non-hydrogen) atoms. The highest BCUT2D eigenvalue weighted by molar-refractivity contribution is 7.11. The molecule has 0 aliphatic carbocycles.